The summed E-state index contributed by atoms with van der Waals surface area (Å²) in [4.78, 5) is 0.0945. The van der Waals surface area contributed by atoms with E-state index in [0.717, 1.165) is 11.1 Å². The van der Waals surface area contributed by atoms with E-state index in [-0.39, 0.29) is 17.2 Å². The van der Waals surface area contributed by atoms with E-state index in [9.17, 15) is 8.42 Å². The molecule has 0 bridgehead atoms. The molecule has 3 heterocycles. The number of hydrogen-bond donors (Lipinski definition) is 1. The molecule has 0 spiro atoms. The topological polar surface area (TPSA) is 103 Å². The quantitative estimate of drug-likeness (QED) is 0.735. The molecule has 0 aliphatic carbocycles. The van der Waals surface area contributed by atoms with Gasteiger partial charge in [0.2, 0.25) is 10.0 Å². The molecule has 0 saturated heterocycles. The lowest BCUT2D eigenvalue weighted by Gasteiger charge is -2.06. The maximum absolute atomic E-state index is 12.3. The van der Waals surface area contributed by atoms with Crippen molar-refractivity contribution in [3.05, 3.63) is 42.4 Å². The Balaban J connectivity index is 1.64. The van der Waals surface area contributed by atoms with Gasteiger partial charge in [0.15, 0.2) is 5.76 Å². The Bertz CT molecular complexity index is 874. The average Bonchev–Trinajstić information content (AvgIpc) is 3.19. The molecule has 1 N–H and O–H groups in total. The van der Waals surface area contributed by atoms with Crippen LogP contribution in [0.1, 0.15) is 11.5 Å². The number of nitrogens with one attached hydrogen (secondary N) is 1. The predicted octanol–water partition coefficient (Wildman–Crippen LogP) is 1.73. The molecular weight excluding hydrogens is 320 g/mol. The lowest BCUT2D eigenvalue weighted by atomic mass is 10.2. The maximum Gasteiger partial charge on any atom is 0.246 e. The first kappa shape index (κ1) is 15.5. The summed E-state index contributed by atoms with van der Waals surface area (Å²) in [5.41, 5.74) is 2.18. The van der Waals surface area contributed by atoms with Crippen molar-refractivity contribution < 1.29 is 17.4 Å². The zero-order valence-electron chi connectivity index (χ0n) is 12.7. The fourth-order valence-electron chi connectivity index (χ4n) is 2.29. The molecule has 8 nitrogen and oxygen atoms in total. The molecule has 3 aromatic heterocycles. The van der Waals surface area contributed by atoms with E-state index >= 15 is 0 Å². The molecule has 0 aromatic carbocycles. The summed E-state index contributed by atoms with van der Waals surface area (Å²) in [6.07, 6.45) is 6.74. The number of aryl methyl sites for hydroxylation is 2. The molecular formula is C14H16N4O4S. The third-order valence-electron chi connectivity index (χ3n) is 3.36. The highest BCUT2D eigenvalue weighted by Gasteiger charge is 2.23. The Morgan fingerprint density at radius 2 is 2.13 bits per heavy atom. The Morgan fingerprint density at radius 3 is 2.78 bits per heavy atom. The smallest absolute Gasteiger partial charge is 0.246 e. The van der Waals surface area contributed by atoms with Crippen molar-refractivity contribution in [2.24, 2.45) is 0 Å². The Kier molecular flexibility index (Phi) is 4.05. The van der Waals surface area contributed by atoms with Gasteiger partial charge in [-0.3, -0.25) is 4.68 Å². The van der Waals surface area contributed by atoms with Gasteiger partial charge in [-0.25, -0.2) is 13.1 Å². The lowest BCUT2D eigenvalue weighted by molar-refractivity contribution is 0.390. The lowest BCUT2D eigenvalue weighted by Crippen LogP contribution is -2.28. The molecule has 0 atom stereocenters. The zero-order chi connectivity index (χ0) is 16.4. The monoisotopic (exact) mass is 336 g/mol. The second-order valence-electron chi connectivity index (χ2n) is 5.06. The SMILES string of the molecule is Cc1noc(C)c1S(=O)(=O)NCCn1cc(-c2ccoc2)cn1. The second kappa shape index (κ2) is 6.01. The van der Waals surface area contributed by atoms with Crippen LogP contribution >= 0.6 is 0 Å². The Hall–Kier alpha value is -2.39. The van der Waals surface area contributed by atoms with E-state index in [1.165, 1.54) is 0 Å². The van der Waals surface area contributed by atoms with E-state index in [0.29, 0.717) is 12.2 Å². The molecule has 0 aliphatic rings. The average molecular weight is 336 g/mol. The highest BCUT2D eigenvalue weighted by Crippen LogP contribution is 2.19. The molecule has 0 radical (unpaired) electrons. The number of nitrogens with zero attached hydrogens (tertiary/aromatic N) is 3. The summed E-state index contributed by atoms with van der Waals surface area (Å²) in [7, 11) is -3.65. The van der Waals surface area contributed by atoms with Crippen LogP contribution in [0.4, 0.5) is 0 Å². The predicted molar refractivity (Wildman–Crippen MR) is 81.1 cm³/mol. The molecule has 0 amide bonds. The summed E-state index contributed by atoms with van der Waals surface area (Å²) < 4.78 is 38.6. The summed E-state index contributed by atoms with van der Waals surface area (Å²) in [5, 5.41) is 7.86. The third kappa shape index (κ3) is 3.20. The summed E-state index contributed by atoms with van der Waals surface area (Å²) in [6, 6.07) is 1.83. The zero-order valence-corrected chi connectivity index (χ0v) is 13.5. The molecule has 9 heteroatoms. The van der Waals surface area contributed by atoms with Crippen LogP contribution in [0.5, 0.6) is 0 Å². The molecule has 0 fully saturated rings. The first-order valence-electron chi connectivity index (χ1n) is 6.95. The fraction of sp³-hybridized carbons (Fsp3) is 0.286. The van der Waals surface area contributed by atoms with Crippen LogP contribution in [0.2, 0.25) is 0 Å². The van der Waals surface area contributed by atoms with Crippen LogP contribution < -0.4 is 4.72 Å². The molecule has 23 heavy (non-hydrogen) atoms. The highest BCUT2D eigenvalue weighted by atomic mass is 32.2. The molecule has 3 aromatic rings. The van der Waals surface area contributed by atoms with Crippen molar-refractivity contribution in [1.82, 2.24) is 19.7 Å². The van der Waals surface area contributed by atoms with Crippen LogP contribution in [0, 0.1) is 13.8 Å². The van der Waals surface area contributed by atoms with Crippen molar-refractivity contribution in [1.29, 1.82) is 0 Å². The van der Waals surface area contributed by atoms with Crippen LogP contribution in [-0.4, -0.2) is 29.9 Å². The van der Waals surface area contributed by atoms with Crippen LogP contribution in [0.15, 0.2) is 44.8 Å². The first-order valence-corrected chi connectivity index (χ1v) is 8.43. The minimum Gasteiger partial charge on any atom is -0.472 e. The van der Waals surface area contributed by atoms with Gasteiger partial charge in [-0.1, -0.05) is 5.16 Å². The standard InChI is InChI=1S/C14H16N4O4S/c1-10-14(11(2)22-17-10)23(19,20)16-4-5-18-8-13(7-15-18)12-3-6-21-9-12/h3,6-9,16H,4-5H2,1-2H3. The summed E-state index contributed by atoms with van der Waals surface area (Å²) in [6.45, 7) is 3.77. The largest absolute Gasteiger partial charge is 0.472 e. The van der Waals surface area contributed by atoms with Gasteiger partial charge in [0.1, 0.15) is 10.6 Å². The van der Waals surface area contributed by atoms with E-state index in [2.05, 4.69) is 15.0 Å². The molecule has 0 aliphatic heterocycles. The normalized spacial score (nSPS) is 11.9. The first-order chi connectivity index (χ1) is 11.0. The maximum atomic E-state index is 12.3. The van der Waals surface area contributed by atoms with Crippen molar-refractivity contribution >= 4 is 10.0 Å². The van der Waals surface area contributed by atoms with Gasteiger partial charge in [-0.15, -0.1) is 0 Å². The van der Waals surface area contributed by atoms with E-state index in [4.69, 9.17) is 8.94 Å². The van der Waals surface area contributed by atoms with Crippen molar-refractivity contribution in [2.45, 2.75) is 25.3 Å². The minimum atomic E-state index is -3.65. The number of furan rings is 1. The van der Waals surface area contributed by atoms with E-state index < -0.39 is 10.0 Å². The van der Waals surface area contributed by atoms with Gasteiger partial charge in [0.05, 0.1) is 25.3 Å². The second-order valence-corrected chi connectivity index (χ2v) is 6.76. The van der Waals surface area contributed by atoms with Gasteiger partial charge >= 0.3 is 0 Å². The van der Waals surface area contributed by atoms with Gasteiger partial charge in [-0.05, 0) is 19.9 Å². The molecule has 3 rings (SSSR count). The number of rotatable bonds is 6. The number of hydrogen-bond acceptors (Lipinski definition) is 6. The number of aromatic nitrogens is 3. The Labute approximate surface area is 133 Å². The fourth-order valence-corrected chi connectivity index (χ4v) is 3.63. The van der Waals surface area contributed by atoms with Gasteiger partial charge < -0.3 is 8.94 Å². The van der Waals surface area contributed by atoms with Crippen LogP contribution in [0.25, 0.3) is 11.1 Å². The Morgan fingerprint density at radius 1 is 1.30 bits per heavy atom. The van der Waals surface area contributed by atoms with E-state index in [1.807, 2.05) is 12.3 Å². The van der Waals surface area contributed by atoms with Gasteiger partial charge in [-0.2, -0.15) is 5.10 Å². The minimum absolute atomic E-state index is 0.0945. The highest BCUT2D eigenvalue weighted by molar-refractivity contribution is 7.89. The molecule has 0 unspecified atom stereocenters. The van der Waals surface area contributed by atoms with Crippen molar-refractivity contribution in [3.8, 4) is 11.1 Å². The third-order valence-corrected chi connectivity index (χ3v) is 5.06. The summed E-state index contributed by atoms with van der Waals surface area (Å²) in [5.74, 6) is 0.274. The van der Waals surface area contributed by atoms with E-state index in [1.54, 1.807) is 37.3 Å². The van der Waals surface area contributed by atoms with Gasteiger partial charge in [0.25, 0.3) is 0 Å². The van der Waals surface area contributed by atoms with Crippen LogP contribution in [0.3, 0.4) is 0 Å². The van der Waals surface area contributed by atoms with Crippen molar-refractivity contribution in [3.63, 3.8) is 0 Å². The van der Waals surface area contributed by atoms with Crippen LogP contribution in [-0.2, 0) is 16.6 Å². The summed E-state index contributed by atoms with van der Waals surface area (Å²) >= 11 is 0. The number of sulfonamides is 1. The molecule has 122 valence electrons. The van der Waals surface area contributed by atoms with Gasteiger partial charge in [0, 0.05) is 23.9 Å². The van der Waals surface area contributed by atoms with Crippen molar-refractivity contribution in [2.75, 3.05) is 6.54 Å². The molecule has 0 saturated carbocycles.